The number of fused-ring (bicyclic) bond motifs is 1. The maximum atomic E-state index is 12.7. The first-order valence-corrected chi connectivity index (χ1v) is 9.39. The fraction of sp³-hybridized carbons (Fsp3) is 0.300. The number of amides is 2. The summed E-state index contributed by atoms with van der Waals surface area (Å²) in [5, 5.41) is 6.97. The number of carbonyl (C=O) groups is 2. The summed E-state index contributed by atoms with van der Waals surface area (Å²) in [5.74, 6) is -0.270. The van der Waals surface area contributed by atoms with Crippen molar-refractivity contribution in [2.45, 2.75) is 19.0 Å². The van der Waals surface area contributed by atoms with E-state index in [1.165, 1.54) is 16.6 Å². The predicted octanol–water partition coefficient (Wildman–Crippen LogP) is 3.24. The van der Waals surface area contributed by atoms with Crippen molar-refractivity contribution >= 4 is 23.3 Å². The Morgan fingerprint density at radius 3 is 2.37 bits per heavy atom. The molecule has 4 rings (SSSR count). The summed E-state index contributed by atoms with van der Waals surface area (Å²) in [6, 6.07) is 7.55. The van der Waals surface area contributed by atoms with E-state index in [1.807, 2.05) is 0 Å². The number of piperidine rings is 1. The number of aromatic nitrogens is 3. The Bertz CT molecular complexity index is 1070. The normalized spacial score (nSPS) is 15.4. The quantitative estimate of drug-likeness (QED) is 0.710. The Kier molecular flexibility index (Phi) is 5.15. The number of hydrogen-bond acceptors (Lipinski definition) is 4. The molecule has 1 saturated heterocycles. The molecule has 3 aromatic rings. The van der Waals surface area contributed by atoms with E-state index in [1.54, 1.807) is 29.4 Å². The highest BCUT2D eigenvalue weighted by Crippen LogP contribution is 2.29. The molecular formula is C20H18F3N5O2. The van der Waals surface area contributed by atoms with Crippen molar-refractivity contribution in [3.63, 3.8) is 0 Å². The standard InChI is InChI=1S/C20H18F3N5O2/c21-20(22,23)15-3-1-14(2-4-15)19(30)27-11-7-13(8-12-27)18(29)26-17-5-9-24-16-6-10-25-28(16)17/h1-6,9-10,13H,7-8,11-12H2,(H,26,29). The molecule has 1 aliphatic rings. The van der Waals surface area contributed by atoms with Crippen molar-refractivity contribution in [3.8, 4) is 0 Å². The largest absolute Gasteiger partial charge is 0.416 e. The van der Waals surface area contributed by atoms with Crippen LogP contribution in [0.5, 0.6) is 0 Å². The molecule has 0 aliphatic carbocycles. The second-order valence-electron chi connectivity index (χ2n) is 7.06. The number of nitrogens with one attached hydrogen (secondary N) is 1. The number of anilines is 1. The first kappa shape index (κ1) is 19.9. The molecule has 10 heteroatoms. The monoisotopic (exact) mass is 417 g/mol. The van der Waals surface area contributed by atoms with Gasteiger partial charge in [-0.05, 0) is 43.2 Å². The molecule has 0 saturated carbocycles. The summed E-state index contributed by atoms with van der Waals surface area (Å²) in [7, 11) is 0. The van der Waals surface area contributed by atoms with Gasteiger partial charge >= 0.3 is 6.18 Å². The number of alkyl halides is 3. The molecule has 1 fully saturated rings. The van der Waals surface area contributed by atoms with E-state index in [-0.39, 0.29) is 23.3 Å². The van der Waals surface area contributed by atoms with Crippen LogP contribution in [0.25, 0.3) is 5.65 Å². The lowest BCUT2D eigenvalue weighted by molar-refractivity contribution is -0.137. The first-order valence-electron chi connectivity index (χ1n) is 9.39. The van der Waals surface area contributed by atoms with Crippen molar-refractivity contribution in [1.82, 2.24) is 19.5 Å². The summed E-state index contributed by atoms with van der Waals surface area (Å²) in [4.78, 5) is 30.9. The minimum atomic E-state index is -4.44. The molecule has 0 unspecified atom stereocenters. The van der Waals surface area contributed by atoms with E-state index >= 15 is 0 Å². The van der Waals surface area contributed by atoms with Crippen molar-refractivity contribution in [3.05, 3.63) is 59.9 Å². The SMILES string of the molecule is O=C(Nc1ccnc2ccnn12)C1CCN(C(=O)c2ccc(C(F)(F)F)cc2)CC1. The van der Waals surface area contributed by atoms with Gasteiger partial charge in [-0.25, -0.2) is 4.98 Å². The van der Waals surface area contributed by atoms with E-state index in [4.69, 9.17) is 0 Å². The maximum absolute atomic E-state index is 12.7. The fourth-order valence-corrected chi connectivity index (χ4v) is 3.49. The number of likely N-dealkylation sites (tertiary alicyclic amines) is 1. The molecule has 0 radical (unpaired) electrons. The highest BCUT2D eigenvalue weighted by atomic mass is 19.4. The Hall–Kier alpha value is -3.43. The van der Waals surface area contributed by atoms with E-state index in [9.17, 15) is 22.8 Å². The van der Waals surface area contributed by atoms with Gasteiger partial charge in [0.1, 0.15) is 5.82 Å². The van der Waals surface area contributed by atoms with Crippen LogP contribution in [0, 0.1) is 5.92 Å². The minimum absolute atomic E-state index is 0.167. The predicted molar refractivity (Wildman–Crippen MR) is 102 cm³/mol. The molecule has 0 bridgehead atoms. The molecule has 7 nitrogen and oxygen atoms in total. The molecule has 156 valence electrons. The smallest absolute Gasteiger partial charge is 0.339 e. The maximum Gasteiger partial charge on any atom is 0.416 e. The third-order valence-electron chi connectivity index (χ3n) is 5.15. The molecule has 2 amide bonds. The second-order valence-corrected chi connectivity index (χ2v) is 7.06. The summed E-state index contributed by atoms with van der Waals surface area (Å²) in [5.41, 5.74) is 0.0188. The topological polar surface area (TPSA) is 79.6 Å². The zero-order valence-electron chi connectivity index (χ0n) is 15.8. The van der Waals surface area contributed by atoms with Crippen LogP contribution in [0.3, 0.4) is 0 Å². The lowest BCUT2D eigenvalue weighted by Crippen LogP contribution is -2.41. The summed E-state index contributed by atoms with van der Waals surface area (Å²) < 4.78 is 39.6. The van der Waals surface area contributed by atoms with Crippen molar-refractivity contribution in [1.29, 1.82) is 0 Å². The van der Waals surface area contributed by atoms with E-state index in [0.717, 1.165) is 12.1 Å². The van der Waals surface area contributed by atoms with Gasteiger partial charge < -0.3 is 10.2 Å². The van der Waals surface area contributed by atoms with Crippen LogP contribution in [-0.2, 0) is 11.0 Å². The molecule has 3 heterocycles. The van der Waals surface area contributed by atoms with Gasteiger partial charge in [-0.1, -0.05) is 0 Å². The zero-order chi connectivity index (χ0) is 21.3. The van der Waals surface area contributed by atoms with Crippen LogP contribution in [0.4, 0.5) is 19.0 Å². The Balaban J connectivity index is 1.36. The summed E-state index contributed by atoms with van der Waals surface area (Å²) in [6.07, 6.45) is -0.345. The molecule has 1 aromatic carbocycles. The van der Waals surface area contributed by atoms with Crippen molar-refractivity contribution in [2.75, 3.05) is 18.4 Å². The summed E-state index contributed by atoms with van der Waals surface area (Å²) in [6.45, 7) is 0.705. The van der Waals surface area contributed by atoms with Crippen LogP contribution in [0.2, 0.25) is 0 Å². The van der Waals surface area contributed by atoms with Crippen molar-refractivity contribution in [2.24, 2.45) is 5.92 Å². The van der Waals surface area contributed by atoms with Crippen LogP contribution in [-0.4, -0.2) is 44.4 Å². The van der Waals surface area contributed by atoms with Gasteiger partial charge in [0.05, 0.1) is 11.8 Å². The average Bonchev–Trinajstić information content (AvgIpc) is 3.23. The molecule has 30 heavy (non-hydrogen) atoms. The first-order chi connectivity index (χ1) is 14.3. The lowest BCUT2D eigenvalue weighted by atomic mass is 9.95. The van der Waals surface area contributed by atoms with Crippen LogP contribution < -0.4 is 5.32 Å². The van der Waals surface area contributed by atoms with Gasteiger partial charge in [-0.2, -0.15) is 22.8 Å². The number of nitrogens with zero attached hydrogens (tertiary/aromatic N) is 4. The Morgan fingerprint density at radius 2 is 1.70 bits per heavy atom. The van der Waals surface area contributed by atoms with Gasteiger partial charge in [-0.15, -0.1) is 0 Å². The highest BCUT2D eigenvalue weighted by Gasteiger charge is 2.31. The van der Waals surface area contributed by atoms with E-state index in [0.29, 0.717) is 37.4 Å². The van der Waals surface area contributed by atoms with E-state index < -0.39 is 11.7 Å². The third kappa shape index (κ3) is 3.98. The Labute approximate surface area is 169 Å². The molecule has 0 spiro atoms. The van der Waals surface area contributed by atoms with E-state index in [2.05, 4.69) is 15.4 Å². The minimum Gasteiger partial charge on any atom is -0.339 e. The fourth-order valence-electron chi connectivity index (χ4n) is 3.49. The van der Waals surface area contributed by atoms with Gasteiger partial charge in [0.25, 0.3) is 5.91 Å². The van der Waals surface area contributed by atoms with Gasteiger partial charge in [0, 0.05) is 36.8 Å². The van der Waals surface area contributed by atoms with Crippen LogP contribution in [0.1, 0.15) is 28.8 Å². The average molecular weight is 417 g/mol. The lowest BCUT2D eigenvalue weighted by Gasteiger charge is -2.31. The third-order valence-corrected chi connectivity index (χ3v) is 5.15. The molecular weight excluding hydrogens is 399 g/mol. The number of halogens is 3. The zero-order valence-corrected chi connectivity index (χ0v) is 15.8. The van der Waals surface area contributed by atoms with Gasteiger partial charge in [0.15, 0.2) is 5.65 Å². The van der Waals surface area contributed by atoms with Crippen molar-refractivity contribution < 1.29 is 22.8 Å². The number of rotatable bonds is 3. The van der Waals surface area contributed by atoms with Crippen LogP contribution >= 0.6 is 0 Å². The highest BCUT2D eigenvalue weighted by molar-refractivity contribution is 5.95. The molecule has 1 aliphatic heterocycles. The van der Waals surface area contributed by atoms with Crippen LogP contribution in [0.15, 0.2) is 48.8 Å². The molecule has 1 N–H and O–H groups in total. The van der Waals surface area contributed by atoms with Gasteiger partial charge in [-0.3, -0.25) is 9.59 Å². The number of hydrogen-bond donors (Lipinski definition) is 1. The van der Waals surface area contributed by atoms with Gasteiger partial charge in [0.2, 0.25) is 5.91 Å². The molecule has 2 aromatic heterocycles. The Morgan fingerprint density at radius 1 is 1.00 bits per heavy atom. The number of carbonyl (C=O) groups excluding carboxylic acids is 2. The molecule has 0 atom stereocenters. The second kappa shape index (κ2) is 7.77. The number of benzene rings is 1. The summed E-state index contributed by atoms with van der Waals surface area (Å²) >= 11 is 0.